The first-order valence-corrected chi connectivity index (χ1v) is 6.80. The number of hydrogen-bond donors (Lipinski definition) is 2. The van der Waals surface area contributed by atoms with Crippen molar-refractivity contribution in [3.63, 3.8) is 0 Å². The van der Waals surface area contributed by atoms with Crippen molar-refractivity contribution >= 4 is 17.7 Å². The first-order chi connectivity index (χ1) is 9.97. The molecule has 0 bridgehead atoms. The molecule has 1 aromatic heterocycles. The van der Waals surface area contributed by atoms with E-state index in [0.717, 1.165) is 0 Å². The number of aromatic amines is 1. The van der Waals surface area contributed by atoms with Crippen molar-refractivity contribution in [1.82, 2.24) is 15.2 Å². The Morgan fingerprint density at radius 2 is 1.90 bits per heavy atom. The van der Waals surface area contributed by atoms with Crippen LogP contribution in [0.3, 0.4) is 0 Å². The molecule has 21 heavy (non-hydrogen) atoms. The summed E-state index contributed by atoms with van der Waals surface area (Å²) >= 11 is 0. The number of imide groups is 1. The van der Waals surface area contributed by atoms with Crippen LogP contribution >= 0.6 is 0 Å². The highest BCUT2D eigenvalue weighted by Gasteiger charge is 2.25. The van der Waals surface area contributed by atoms with E-state index >= 15 is 0 Å². The minimum atomic E-state index is -0.402. The maximum atomic E-state index is 11.9. The fraction of sp³-hybridized carbons (Fsp3) is 0.429. The molecule has 0 aromatic carbocycles. The molecule has 0 unspecified atom stereocenters. The van der Waals surface area contributed by atoms with Crippen LogP contribution in [-0.4, -0.2) is 40.7 Å². The topological polar surface area (TPSA) is 99.3 Å². The molecular weight excluding hydrogens is 274 g/mol. The normalized spacial score (nSPS) is 15.2. The molecule has 0 saturated carbocycles. The number of amides is 3. The molecule has 7 nitrogen and oxygen atoms in total. The molecule has 2 heterocycles. The lowest BCUT2D eigenvalue weighted by Gasteiger charge is -2.24. The number of rotatable bonds is 4. The van der Waals surface area contributed by atoms with E-state index in [-0.39, 0.29) is 36.0 Å². The molecule has 1 fully saturated rings. The largest absolute Gasteiger partial charge is 0.350 e. The number of nitrogens with one attached hydrogen (secondary N) is 2. The van der Waals surface area contributed by atoms with Crippen LogP contribution in [0.2, 0.25) is 0 Å². The Hall–Kier alpha value is -2.44. The van der Waals surface area contributed by atoms with Gasteiger partial charge in [-0.3, -0.25) is 24.1 Å². The Kier molecular flexibility index (Phi) is 4.52. The van der Waals surface area contributed by atoms with Gasteiger partial charge in [-0.25, -0.2) is 0 Å². The van der Waals surface area contributed by atoms with Crippen LogP contribution in [0.25, 0.3) is 0 Å². The third kappa shape index (κ3) is 3.77. The van der Waals surface area contributed by atoms with Crippen molar-refractivity contribution in [2.45, 2.75) is 26.2 Å². The molecule has 112 valence electrons. The number of aromatic nitrogens is 1. The van der Waals surface area contributed by atoms with Crippen molar-refractivity contribution in [1.29, 1.82) is 0 Å². The number of aryl methyl sites for hydroxylation is 1. The van der Waals surface area contributed by atoms with Crippen molar-refractivity contribution < 1.29 is 14.4 Å². The van der Waals surface area contributed by atoms with Crippen LogP contribution in [0.5, 0.6) is 0 Å². The highest BCUT2D eigenvalue weighted by molar-refractivity contribution is 5.97. The Bertz CT molecular complexity index is 619. The number of carbonyl (C=O) groups is 3. The van der Waals surface area contributed by atoms with E-state index in [0.29, 0.717) is 25.0 Å². The Balaban J connectivity index is 1.91. The molecular formula is C14H17N3O4. The van der Waals surface area contributed by atoms with Gasteiger partial charge in [0, 0.05) is 43.3 Å². The minimum Gasteiger partial charge on any atom is -0.350 e. The molecule has 0 aliphatic carbocycles. The first kappa shape index (κ1) is 15.0. The molecule has 2 rings (SSSR count). The summed E-state index contributed by atoms with van der Waals surface area (Å²) in [6.45, 7) is 2.01. The number of likely N-dealkylation sites (tertiary alicyclic amines) is 1. The number of H-pyrrole nitrogens is 1. The second-order valence-electron chi connectivity index (χ2n) is 4.96. The number of hydrogen-bond acceptors (Lipinski definition) is 4. The molecule has 7 heteroatoms. The number of piperidine rings is 1. The summed E-state index contributed by atoms with van der Waals surface area (Å²) in [6.07, 6.45) is 1.33. The van der Waals surface area contributed by atoms with Gasteiger partial charge in [0.1, 0.15) is 0 Å². The van der Waals surface area contributed by atoms with Crippen molar-refractivity contribution in [2.75, 3.05) is 13.1 Å². The van der Waals surface area contributed by atoms with E-state index in [9.17, 15) is 19.2 Å². The molecule has 0 radical (unpaired) electrons. The smallest absolute Gasteiger partial charge is 0.251 e. The first-order valence-electron chi connectivity index (χ1n) is 6.80. The van der Waals surface area contributed by atoms with E-state index in [1.165, 1.54) is 11.0 Å². The van der Waals surface area contributed by atoms with Gasteiger partial charge < -0.3 is 10.3 Å². The zero-order valence-corrected chi connectivity index (χ0v) is 11.8. The lowest BCUT2D eigenvalue weighted by Crippen LogP contribution is -2.44. The predicted octanol–water partition coefficient (Wildman–Crippen LogP) is -0.0478. The second-order valence-corrected chi connectivity index (χ2v) is 4.96. The number of carbonyl (C=O) groups excluding carboxylic acids is 3. The Labute approximate surface area is 121 Å². The van der Waals surface area contributed by atoms with Crippen LogP contribution in [0.1, 0.15) is 35.3 Å². The van der Waals surface area contributed by atoms with Gasteiger partial charge in [0.2, 0.25) is 17.4 Å². The zero-order chi connectivity index (χ0) is 15.4. The van der Waals surface area contributed by atoms with Gasteiger partial charge >= 0.3 is 0 Å². The third-order valence-corrected chi connectivity index (χ3v) is 3.25. The Morgan fingerprint density at radius 1 is 1.24 bits per heavy atom. The zero-order valence-electron chi connectivity index (χ0n) is 11.8. The molecule has 1 aromatic rings. The summed E-state index contributed by atoms with van der Waals surface area (Å²) in [7, 11) is 0. The average molecular weight is 291 g/mol. The highest BCUT2D eigenvalue weighted by Crippen LogP contribution is 2.11. The van der Waals surface area contributed by atoms with E-state index in [1.807, 2.05) is 0 Å². The molecule has 1 aliphatic heterocycles. The van der Waals surface area contributed by atoms with Crippen molar-refractivity contribution in [3.05, 3.63) is 33.7 Å². The summed E-state index contributed by atoms with van der Waals surface area (Å²) in [5.41, 5.74) is 0.503. The van der Waals surface area contributed by atoms with E-state index in [1.54, 1.807) is 13.0 Å². The monoisotopic (exact) mass is 291 g/mol. The van der Waals surface area contributed by atoms with Gasteiger partial charge in [0.15, 0.2) is 0 Å². The average Bonchev–Trinajstić information content (AvgIpc) is 2.40. The maximum Gasteiger partial charge on any atom is 0.251 e. The molecule has 3 amide bonds. The molecule has 1 saturated heterocycles. The summed E-state index contributed by atoms with van der Waals surface area (Å²) in [5.74, 6) is -0.805. The minimum absolute atomic E-state index is 0.158. The van der Waals surface area contributed by atoms with Crippen LogP contribution in [-0.2, 0) is 9.59 Å². The third-order valence-electron chi connectivity index (χ3n) is 3.25. The SMILES string of the molecule is Cc1cc(C(=O)NCCN2C(=O)CCCC2=O)cc(=O)[nH]1. The van der Waals surface area contributed by atoms with Gasteiger partial charge in [-0.15, -0.1) is 0 Å². The predicted molar refractivity (Wildman–Crippen MR) is 74.7 cm³/mol. The van der Waals surface area contributed by atoms with E-state index < -0.39 is 5.91 Å². The quantitative estimate of drug-likeness (QED) is 0.760. The highest BCUT2D eigenvalue weighted by atomic mass is 16.2. The van der Waals surface area contributed by atoms with Gasteiger partial charge in [-0.1, -0.05) is 0 Å². The summed E-state index contributed by atoms with van der Waals surface area (Å²) < 4.78 is 0. The van der Waals surface area contributed by atoms with Gasteiger partial charge in [-0.05, 0) is 19.4 Å². The van der Waals surface area contributed by atoms with Crippen molar-refractivity contribution in [2.24, 2.45) is 0 Å². The maximum absolute atomic E-state index is 11.9. The van der Waals surface area contributed by atoms with Crippen LogP contribution in [0.4, 0.5) is 0 Å². The van der Waals surface area contributed by atoms with Crippen molar-refractivity contribution in [3.8, 4) is 0 Å². The fourth-order valence-corrected chi connectivity index (χ4v) is 2.25. The standard InChI is InChI=1S/C14H17N3O4/c1-9-7-10(8-11(18)16-9)14(21)15-5-6-17-12(19)3-2-4-13(17)20/h7-8H,2-6H2,1H3,(H,15,21)(H,16,18). The van der Waals surface area contributed by atoms with Gasteiger partial charge in [-0.2, -0.15) is 0 Å². The van der Waals surface area contributed by atoms with Crippen LogP contribution in [0, 0.1) is 6.92 Å². The fourth-order valence-electron chi connectivity index (χ4n) is 2.25. The molecule has 0 spiro atoms. The molecule has 0 atom stereocenters. The molecule has 2 N–H and O–H groups in total. The van der Waals surface area contributed by atoms with Gasteiger partial charge in [0.05, 0.1) is 0 Å². The summed E-state index contributed by atoms with van der Waals surface area (Å²) in [6, 6.07) is 2.77. The summed E-state index contributed by atoms with van der Waals surface area (Å²) in [4.78, 5) is 50.1. The van der Waals surface area contributed by atoms with Crippen LogP contribution in [0.15, 0.2) is 16.9 Å². The number of nitrogens with zero attached hydrogens (tertiary/aromatic N) is 1. The van der Waals surface area contributed by atoms with E-state index in [2.05, 4.69) is 10.3 Å². The van der Waals surface area contributed by atoms with Crippen LogP contribution < -0.4 is 10.9 Å². The number of pyridine rings is 1. The second kappa shape index (κ2) is 6.34. The summed E-state index contributed by atoms with van der Waals surface area (Å²) in [5, 5.41) is 2.60. The van der Waals surface area contributed by atoms with E-state index in [4.69, 9.17) is 0 Å². The van der Waals surface area contributed by atoms with Gasteiger partial charge in [0.25, 0.3) is 5.91 Å². The molecule has 1 aliphatic rings. The lowest BCUT2D eigenvalue weighted by atomic mass is 10.1. The Morgan fingerprint density at radius 3 is 2.52 bits per heavy atom. The lowest BCUT2D eigenvalue weighted by molar-refractivity contribution is -0.147.